The van der Waals surface area contributed by atoms with E-state index in [-0.39, 0.29) is 0 Å². The highest BCUT2D eigenvalue weighted by Gasteiger charge is 1.96. The molecule has 1 aromatic rings. The fraction of sp³-hybridized carbons (Fsp3) is 0.571. The lowest BCUT2D eigenvalue weighted by atomic mass is 10.3. The number of unbranched alkanes of at least 4 members (excludes halogenated alkanes) is 1. The van der Waals surface area contributed by atoms with Crippen LogP contribution in [0.5, 0.6) is 0 Å². The van der Waals surface area contributed by atoms with Crippen LogP contribution in [0.1, 0.15) is 12.8 Å². The van der Waals surface area contributed by atoms with Crippen molar-refractivity contribution in [1.82, 2.24) is 4.98 Å². The third-order valence-corrected chi connectivity index (χ3v) is 2.89. The Morgan fingerprint density at radius 2 is 2.42 bits per heavy atom. The van der Waals surface area contributed by atoms with Crippen LogP contribution in [0.15, 0.2) is 9.98 Å². The van der Waals surface area contributed by atoms with Gasteiger partial charge in [0, 0.05) is 11.9 Å². The van der Waals surface area contributed by atoms with Gasteiger partial charge in [0.1, 0.15) is 4.60 Å². The summed E-state index contributed by atoms with van der Waals surface area (Å²) in [5.74, 6) is 0. The maximum absolute atomic E-state index is 5.36. The molecule has 0 unspecified atom stereocenters. The smallest absolute Gasteiger partial charge is 0.183 e. The molecule has 0 radical (unpaired) electrons. The number of anilines is 1. The monoisotopic (exact) mass is 249 g/mol. The molecule has 0 saturated heterocycles. The van der Waals surface area contributed by atoms with Crippen molar-refractivity contribution >= 4 is 32.4 Å². The van der Waals surface area contributed by atoms with Crippen molar-refractivity contribution in [1.29, 1.82) is 0 Å². The normalized spacial score (nSPS) is 10.2. The Hall–Kier alpha value is -0.130. The van der Waals surface area contributed by atoms with Gasteiger partial charge in [0.25, 0.3) is 0 Å². The number of nitrogens with zero attached hydrogens (tertiary/aromatic N) is 1. The first-order valence-electron chi connectivity index (χ1n) is 3.88. The van der Waals surface area contributed by atoms with Gasteiger partial charge in [-0.2, -0.15) is 0 Å². The molecule has 0 saturated carbocycles. The van der Waals surface area contributed by atoms with Crippen LogP contribution < -0.4 is 11.1 Å². The molecule has 3 N–H and O–H groups in total. The van der Waals surface area contributed by atoms with Crippen LogP contribution in [0.25, 0.3) is 0 Å². The van der Waals surface area contributed by atoms with E-state index in [1.807, 2.05) is 5.38 Å². The molecule has 0 aromatic carbocycles. The molecule has 0 aliphatic rings. The average molecular weight is 250 g/mol. The molecule has 68 valence electrons. The van der Waals surface area contributed by atoms with Crippen molar-refractivity contribution in [2.24, 2.45) is 5.73 Å². The van der Waals surface area contributed by atoms with Crippen molar-refractivity contribution in [2.45, 2.75) is 12.8 Å². The fourth-order valence-electron chi connectivity index (χ4n) is 0.800. The van der Waals surface area contributed by atoms with Gasteiger partial charge in [-0.15, -0.1) is 11.3 Å². The van der Waals surface area contributed by atoms with E-state index in [2.05, 4.69) is 26.2 Å². The molecule has 0 spiro atoms. The molecular formula is C7H12BrN3S. The van der Waals surface area contributed by atoms with E-state index in [9.17, 15) is 0 Å². The van der Waals surface area contributed by atoms with Crippen LogP contribution in [0.4, 0.5) is 5.13 Å². The van der Waals surface area contributed by atoms with Gasteiger partial charge in [0.2, 0.25) is 0 Å². The number of aromatic nitrogens is 1. The molecule has 0 aliphatic heterocycles. The molecule has 5 heteroatoms. The zero-order valence-electron chi connectivity index (χ0n) is 6.72. The molecule has 12 heavy (non-hydrogen) atoms. The summed E-state index contributed by atoms with van der Waals surface area (Å²) >= 11 is 4.90. The van der Waals surface area contributed by atoms with Gasteiger partial charge in [-0.25, -0.2) is 4.98 Å². The van der Waals surface area contributed by atoms with Crippen LogP contribution in [-0.2, 0) is 0 Å². The van der Waals surface area contributed by atoms with Gasteiger partial charge < -0.3 is 11.1 Å². The third kappa shape index (κ3) is 3.51. The summed E-state index contributed by atoms with van der Waals surface area (Å²) < 4.78 is 0.897. The summed E-state index contributed by atoms with van der Waals surface area (Å²) in [5.41, 5.74) is 5.36. The molecule has 1 aromatic heterocycles. The predicted octanol–water partition coefficient (Wildman–Crippen LogP) is 2.06. The molecular weight excluding hydrogens is 238 g/mol. The first-order valence-corrected chi connectivity index (χ1v) is 5.55. The lowest BCUT2D eigenvalue weighted by Crippen LogP contribution is -2.05. The van der Waals surface area contributed by atoms with E-state index < -0.39 is 0 Å². The Morgan fingerprint density at radius 1 is 1.58 bits per heavy atom. The Balaban J connectivity index is 2.15. The minimum atomic E-state index is 0.767. The number of halogens is 1. The molecule has 0 bridgehead atoms. The number of nitrogens with two attached hydrogens (primary N) is 1. The standard InChI is InChI=1S/C7H12BrN3S/c8-6-5-12-7(11-6)10-4-2-1-3-9/h5H,1-4,9H2,(H,10,11). The van der Waals surface area contributed by atoms with Crippen LogP contribution in [0.3, 0.4) is 0 Å². The first kappa shape index (κ1) is 9.95. The van der Waals surface area contributed by atoms with E-state index in [1.165, 1.54) is 0 Å². The van der Waals surface area contributed by atoms with Crippen LogP contribution in [0.2, 0.25) is 0 Å². The molecule has 1 rings (SSSR count). The van der Waals surface area contributed by atoms with E-state index >= 15 is 0 Å². The van der Waals surface area contributed by atoms with E-state index in [0.29, 0.717) is 0 Å². The fourth-order valence-corrected chi connectivity index (χ4v) is 1.97. The highest BCUT2D eigenvalue weighted by atomic mass is 79.9. The molecule has 3 nitrogen and oxygen atoms in total. The van der Waals surface area contributed by atoms with E-state index in [1.54, 1.807) is 11.3 Å². The van der Waals surface area contributed by atoms with Crippen molar-refractivity contribution in [3.63, 3.8) is 0 Å². The number of hydrogen-bond donors (Lipinski definition) is 2. The second-order valence-corrected chi connectivity index (χ2v) is 4.07. The maximum Gasteiger partial charge on any atom is 0.183 e. The summed E-state index contributed by atoms with van der Waals surface area (Å²) in [6.45, 7) is 1.72. The lowest BCUT2D eigenvalue weighted by molar-refractivity contribution is 0.773. The van der Waals surface area contributed by atoms with Crippen LogP contribution >= 0.6 is 27.3 Å². The highest BCUT2D eigenvalue weighted by molar-refractivity contribution is 9.10. The van der Waals surface area contributed by atoms with Gasteiger partial charge in [-0.3, -0.25) is 0 Å². The number of hydrogen-bond acceptors (Lipinski definition) is 4. The Morgan fingerprint density at radius 3 is 3.00 bits per heavy atom. The zero-order valence-corrected chi connectivity index (χ0v) is 9.12. The SMILES string of the molecule is NCCCCNc1nc(Br)cs1. The minimum absolute atomic E-state index is 0.767. The highest BCUT2D eigenvalue weighted by Crippen LogP contribution is 2.18. The van der Waals surface area contributed by atoms with Crippen molar-refractivity contribution < 1.29 is 0 Å². The second kappa shape index (κ2) is 5.50. The number of thiazole rings is 1. The van der Waals surface area contributed by atoms with Gasteiger partial charge in [0.15, 0.2) is 5.13 Å². The molecule has 0 fully saturated rings. The van der Waals surface area contributed by atoms with Gasteiger partial charge >= 0.3 is 0 Å². The summed E-state index contributed by atoms with van der Waals surface area (Å²) in [6, 6.07) is 0. The first-order chi connectivity index (χ1) is 5.83. The summed E-state index contributed by atoms with van der Waals surface area (Å²) in [4.78, 5) is 4.20. The van der Waals surface area contributed by atoms with Gasteiger partial charge in [0.05, 0.1) is 0 Å². The van der Waals surface area contributed by atoms with Gasteiger partial charge in [-0.1, -0.05) is 0 Å². The van der Waals surface area contributed by atoms with E-state index in [0.717, 1.165) is 35.7 Å². The maximum atomic E-state index is 5.36. The second-order valence-electron chi connectivity index (χ2n) is 2.40. The lowest BCUT2D eigenvalue weighted by Gasteiger charge is -1.99. The Labute approximate surface area is 84.5 Å². The molecule has 0 aliphatic carbocycles. The van der Waals surface area contributed by atoms with Gasteiger partial charge in [-0.05, 0) is 35.3 Å². The summed E-state index contributed by atoms with van der Waals surface area (Å²) in [7, 11) is 0. The molecule has 0 atom stereocenters. The Kier molecular flexibility index (Phi) is 4.57. The van der Waals surface area contributed by atoms with Crippen molar-refractivity contribution in [3.8, 4) is 0 Å². The topological polar surface area (TPSA) is 50.9 Å². The number of rotatable bonds is 5. The molecule has 0 amide bonds. The average Bonchev–Trinajstić information content (AvgIpc) is 2.45. The van der Waals surface area contributed by atoms with Crippen molar-refractivity contribution in [3.05, 3.63) is 9.98 Å². The summed E-state index contributed by atoms with van der Waals surface area (Å²) in [5, 5.41) is 6.16. The number of nitrogens with one attached hydrogen (secondary N) is 1. The van der Waals surface area contributed by atoms with Crippen LogP contribution in [-0.4, -0.2) is 18.1 Å². The quantitative estimate of drug-likeness (QED) is 0.786. The Bertz CT molecular complexity index is 226. The largest absolute Gasteiger partial charge is 0.361 e. The zero-order chi connectivity index (χ0) is 8.81. The van der Waals surface area contributed by atoms with Crippen LogP contribution in [0, 0.1) is 0 Å². The predicted molar refractivity (Wildman–Crippen MR) is 56.6 cm³/mol. The summed E-state index contributed by atoms with van der Waals surface area (Å²) in [6.07, 6.45) is 2.17. The molecule has 1 heterocycles. The van der Waals surface area contributed by atoms with Crippen molar-refractivity contribution in [2.75, 3.05) is 18.4 Å². The van der Waals surface area contributed by atoms with E-state index in [4.69, 9.17) is 5.73 Å². The third-order valence-electron chi connectivity index (χ3n) is 1.38. The minimum Gasteiger partial charge on any atom is -0.361 e.